The molecule has 0 bridgehead atoms. The van der Waals surface area contributed by atoms with E-state index in [1.54, 1.807) is 0 Å². The van der Waals surface area contributed by atoms with Gasteiger partial charge in [-0.15, -0.1) is 0 Å². The fraction of sp³-hybridized carbons (Fsp3) is 0.929. The minimum absolute atomic E-state index is 0.0354. The predicted molar refractivity (Wildman–Crippen MR) is 73.7 cm³/mol. The van der Waals surface area contributed by atoms with Crippen molar-refractivity contribution in [2.45, 2.75) is 59.9 Å². The number of hydrogen-bond acceptors (Lipinski definition) is 2. The van der Waals surface area contributed by atoms with Crippen molar-refractivity contribution in [1.82, 2.24) is 5.32 Å². The molecule has 3 N–H and O–H groups in total. The Morgan fingerprint density at radius 2 is 1.71 bits per heavy atom. The van der Waals surface area contributed by atoms with Gasteiger partial charge in [0, 0.05) is 12.6 Å². The van der Waals surface area contributed by atoms with E-state index < -0.39 is 0 Å². The molecular formula is C14H30N2O. The van der Waals surface area contributed by atoms with Gasteiger partial charge in [-0.05, 0) is 25.2 Å². The highest BCUT2D eigenvalue weighted by Gasteiger charge is 2.22. The van der Waals surface area contributed by atoms with Crippen LogP contribution in [0.2, 0.25) is 0 Å². The summed E-state index contributed by atoms with van der Waals surface area (Å²) in [6.45, 7) is 11.1. The molecule has 0 fully saturated rings. The summed E-state index contributed by atoms with van der Waals surface area (Å²) in [5.41, 5.74) is 5.68. The molecule has 0 rings (SSSR count). The largest absolute Gasteiger partial charge is 0.353 e. The molecule has 0 radical (unpaired) electrons. The Labute approximate surface area is 107 Å². The number of amides is 1. The Kier molecular flexibility index (Phi) is 8.23. The van der Waals surface area contributed by atoms with Crippen molar-refractivity contribution in [3.63, 3.8) is 0 Å². The topological polar surface area (TPSA) is 55.1 Å². The van der Waals surface area contributed by atoms with Crippen molar-refractivity contribution < 1.29 is 4.79 Å². The number of nitrogens with one attached hydrogen (secondary N) is 1. The van der Waals surface area contributed by atoms with Crippen LogP contribution < -0.4 is 11.1 Å². The van der Waals surface area contributed by atoms with E-state index in [1.165, 1.54) is 0 Å². The third-order valence-electron chi connectivity index (χ3n) is 3.54. The highest BCUT2D eigenvalue weighted by atomic mass is 16.1. The van der Waals surface area contributed by atoms with Gasteiger partial charge in [0.25, 0.3) is 0 Å². The van der Waals surface area contributed by atoms with Crippen LogP contribution in [0.15, 0.2) is 0 Å². The van der Waals surface area contributed by atoms with Crippen LogP contribution in [0.5, 0.6) is 0 Å². The Hall–Kier alpha value is -0.570. The molecule has 17 heavy (non-hydrogen) atoms. The Morgan fingerprint density at radius 1 is 1.18 bits per heavy atom. The fourth-order valence-corrected chi connectivity index (χ4v) is 2.34. The molecule has 1 amide bonds. The summed E-state index contributed by atoms with van der Waals surface area (Å²) in [7, 11) is 0. The molecule has 3 heteroatoms. The van der Waals surface area contributed by atoms with Gasteiger partial charge in [-0.1, -0.05) is 40.5 Å². The monoisotopic (exact) mass is 242 g/mol. The second kappa shape index (κ2) is 8.51. The first-order valence-corrected chi connectivity index (χ1v) is 6.96. The summed E-state index contributed by atoms with van der Waals surface area (Å²) in [4.78, 5) is 12.1. The smallest absolute Gasteiger partial charge is 0.224 e. The molecule has 0 aromatic carbocycles. The summed E-state index contributed by atoms with van der Waals surface area (Å²) in [6, 6.07) is 0.249. The zero-order chi connectivity index (χ0) is 13.4. The molecule has 0 aliphatic rings. The van der Waals surface area contributed by atoms with Crippen LogP contribution in [0.3, 0.4) is 0 Å². The first-order valence-electron chi connectivity index (χ1n) is 6.96. The molecule has 0 saturated carbocycles. The van der Waals surface area contributed by atoms with Gasteiger partial charge in [-0.25, -0.2) is 0 Å². The van der Waals surface area contributed by atoms with E-state index in [-0.39, 0.29) is 17.9 Å². The molecule has 0 spiro atoms. The number of carbonyl (C=O) groups excluding carboxylic acids is 1. The van der Waals surface area contributed by atoms with E-state index in [2.05, 4.69) is 39.9 Å². The second-order valence-electron chi connectivity index (χ2n) is 5.44. The average Bonchev–Trinajstić information content (AvgIpc) is 2.26. The predicted octanol–water partition coefficient (Wildman–Crippen LogP) is 2.55. The quantitative estimate of drug-likeness (QED) is 0.687. The molecule has 0 saturated heterocycles. The molecule has 3 nitrogen and oxygen atoms in total. The van der Waals surface area contributed by atoms with Crippen LogP contribution >= 0.6 is 0 Å². The maximum atomic E-state index is 12.1. The summed E-state index contributed by atoms with van der Waals surface area (Å²) in [5.74, 6) is 1.17. The van der Waals surface area contributed by atoms with E-state index in [4.69, 9.17) is 5.73 Å². The summed E-state index contributed by atoms with van der Waals surface area (Å²) in [6.07, 6.45) is 3.09. The van der Waals surface area contributed by atoms with Gasteiger partial charge in [0.2, 0.25) is 5.91 Å². The van der Waals surface area contributed by atoms with Crippen molar-refractivity contribution in [3.8, 4) is 0 Å². The zero-order valence-corrected chi connectivity index (χ0v) is 12.1. The van der Waals surface area contributed by atoms with E-state index in [0.717, 1.165) is 19.3 Å². The molecule has 2 unspecified atom stereocenters. The van der Waals surface area contributed by atoms with Gasteiger partial charge in [0.05, 0.1) is 5.92 Å². The molecule has 0 aromatic rings. The molecule has 0 heterocycles. The van der Waals surface area contributed by atoms with E-state index in [0.29, 0.717) is 18.4 Å². The average molecular weight is 242 g/mol. The van der Waals surface area contributed by atoms with Gasteiger partial charge in [-0.3, -0.25) is 4.79 Å². The molecule has 0 aliphatic carbocycles. The molecule has 102 valence electrons. The first kappa shape index (κ1) is 16.4. The van der Waals surface area contributed by atoms with Crippen LogP contribution in [-0.4, -0.2) is 18.5 Å². The molecule has 2 atom stereocenters. The number of hydrogen-bond donors (Lipinski definition) is 2. The van der Waals surface area contributed by atoms with Gasteiger partial charge in [0.15, 0.2) is 0 Å². The maximum absolute atomic E-state index is 12.1. The third kappa shape index (κ3) is 6.06. The van der Waals surface area contributed by atoms with Crippen molar-refractivity contribution in [2.24, 2.45) is 23.5 Å². The van der Waals surface area contributed by atoms with Crippen LogP contribution in [0.1, 0.15) is 53.9 Å². The first-order chi connectivity index (χ1) is 7.96. The van der Waals surface area contributed by atoms with Crippen LogP contribution in [0.25, 0.3) is 0 Å². The molecular weight excluding hydrogens is 212 g/mol. The lowest BCUT2D eigenvalue weighted by atomic mass is 9.93. The highest BCUT2D eigenvalue weighted by molar-refractivity contribution is 5.79. The van der Waals surface area contributed by atoms with Crippen molar-refractivity contribution in [1.29, 1.82) is 0 Å². The zero-order valence-electron chi connectivity index (χ0n) is 12.1. The lowest BCUT2D eigenvalue weighted by Crippen LogP contribution is -2.43. The minimum atomic E-state index is -0.0354. The SMILES string of the molecule is CCC(CC)C(C)NC(=O)C(CN)CC(C)C. The Balaban J connectivity index is 4.29. The van der Waals surface area contributed by atoms with Gasteiger partial charge >= 0.3 is 0 Å². The van der Waals surface area contributed by atoms with Crippen LogP contribution in [0.4, 0.5) is 0 Å². The number of nitrogens with two attached hydrogens (primary N) is 1. The normalized spacial score (nSPS) is 15.1. The Bertz CT molecular complexity index is 212. The standard InChI is InChI=1S/C14H30N2O/c1-6-12(7-2)11(5)16-14(17)13(9-15)8-10(3)4/h10-13H,6-9,15H2,1-5H3,(H,16,17). The Morgan fingerprint density at radius 3 is 2.06 bits per heavy atom. The summed E-state index contributed by atoms with van der Waals surface area (Å²) in [5, 5.41) is 3.12. The third-order valence-corrected chi connectivity index (χ3v) is 3.54. The van der Waals surface area contributed by atoms with Crippen molar-refractivity contribution >= 4 is 5.91 Å². The van der Waals surface area contributed by atoms with E-state index in [1.807, 2.05) is 0 Å². The van der Waals surface area contributed by atoms with Gasteiger partial charge in [0.1, 0.15) is 0 Å². The lowest BCUT2D eigenvalue weighted by Gasteiger charge is -2.25. The van der Waals surface area contributed by atoms with E-state index >= 15 is 0 Å². The van der Waals surface area contributed by atoms with Crippen molar-refractivity contribution in [3.05, 3.63) is 0 Å². The number of rotatable bonds is 8. The van der Waals surface area contributed by atoms with Crippen molar-refractivity contribution in [2.75, 3.05) is 6.54 Å². The lowest BCUT2D eigenvalue weighted by molar-refractivity contribution is -0.126. The summed E-state index contributed by atoms with van der Waals surface area (Å²) < 4.78 is 0. The van der Waals surface area contributed by atoms with Crippen LogP contribution in [-0.2, 0) is 4.79 Å². The fourth-order valence-electron chi connectivity index (χ4n) is 2.34. The van der Waals surface area contributed by atoms with Gasteiger partial charge < -0.3 is 11.1 Å². The minimum Gasteiger partial charge on any atom is -0.353 e. The number of carbonyl (C=O) groups is 1. The second-order valence-corrected chi connectivity index (χ2v) is 5.44. The highest BCUT2D eigenvalue weighted by Crippen LogP contribution is 2.15. The van der Waals surface area contributed by atoms with Gasteiger partial charge in [-0.2, -0.15) is 0 Å². The maximum Gasteiger partial charge on any atom is 0.224 e. The van der Waals surface area contributed by atoms with E-state index in [9.17, 15) is 4.79 Å². The van der Waals surface area contributed by atoms with Crippen LogP contribution in [0, 0.1) is 17.8 Å². The summed E-state index contributed by atoms with van der Waals surface area (Å²) >= 11 is 0. The molecule has 0 aromatic heterocycles. The molecule has 0 aliphatic heterocycles.